The van der Waals surface area contributed by atoms with E-state index in [9.17, 15) is 4.79 Å². The first-order chi connectivity index (χ1) is 12.8. The van der Waals surface area contributed by atoms with Gasteiger partial charge in [0.05, 0.1) is 17.9 Å². The summed E-state index contributed by atoms with van der Waals surface area (Å²) in [4.78, 5) is 16.6. The molecule has 3 aromatic rings. The summed E-state index contributed by atoms with van der Waals surface area (Å²) < 4.78 is 1.64. The van der Waals surface area contributed by atoms with Crippen LogP contribution in [0.4, 0.5) is 10.5 Å². The molecule has 0 aliphatic heterocycles. The van der Waals surface area contributed by atoms with Crippen LogP contribution in [0.3, 0.4) is 0 Å². The van der Waals surface area contributed by atoms with Crippen molar-refractivity contribution in [2.75, 3.05) is 11.9 Å². The number of aromatic nitrogens is 3. The van der Waals surface area contributed by atoms with Crippen molar-refractivity contribution in [3.63, 3.8) is 0 Å². The molecule has 0 saturated carbocycles. The molecule has 0 spiro atoms. The average Bonchev–Trinajstić information content (AvgIpc) is 3.21. The number of nitrogens with one attached hydrogen (secondary N) is 2. The van der Waals surface area contributed by atoms with Gasteiger partial charge >= 0.3 is 6.03 Å². The van der Waals surface area contributed by atoms with Gasteiger partial charge in [0.25, 0.3) is 0 Å². The molecule has 26 heavy (non-hydrogen) atoms. The van der Waals surface area contributed by atoms with E-state index in [1.165, 1.54) is 0 Å². The largest absolute Gasteiger partial charge is 0.396 e. The summed E-state index contributed by atoms with van der Waals surface area (Å²) in [5, 5.41) is 18.9. The second-order valence-corrected chi connectivity index (χ2v) is 5.78. The molecule has 134 valence electrons. The zero-order valence-electron chi connectivity index (χ0n) is 14.2. The molecule has 7 heteroatoms. The van der Waals surface area contributed by atoms with Gasteiger partial charge in [-0.2, -0.15) is 5.10 Å². The second-order valence-electron chi connectivity index (χ2n) is 5.78. The first-order valence-electron chi connectivity index (χ1n) is 8.45. The number of aliphatic hydroxyl groups excluding tert-OH is 1. The Morgan fingerprint density at radius 2 is 2.00 bits per heavy atom. The fourth-order valence-electron chi connectivity index (χ4n) is 2.63. The van der Waals surface area contributed by atoms with E-state index >= 15 is 0 Å². The number of amides is 2. The number of carbonyl (C=O) groups is 1. The van der Waals surface area contributed by atoms with Gasteiger partial charge in [0.15, 0.2) is 5.82 Å². The summed E-state index contributed by atoms with van der Waals surface area (Å²) in [6.45, 7) is 0.0887. The summed E-state index contributed by atoms with van der Waals surface area (Å²) >= 11 is 0. The molecular weight excluding hydrogens is 330 g/mol. The smallest absolute Gasteiger partial charge is 0.319 e. The Morgan fingerprint density at radius 1 is 1.15 bits per heavy atom. The van der Waals surface area contributed by atoms with E-state index in [2.05, 4.69) is 20.7 Å². The molecule has 2 amide bonds. The molecule has 0 bridgehead atoms. The molecule has 1 atom stereocenters. The van der Waals surface area contributed by atoms with E-state index in [-0.39, 0.29) is 18.7 Å². The SMILES string of the molecule is O=C(Nc1ccc(-n2cccn2)nc1)NC(CCCO)c1ccccc1. The van der Waals surface area contributed by atoms with Crippen LogP contribution < -0.4 is 10.6 Å². The minimum atomic E-state index is -0.314. The van der Waals surface area contributed by atoms with Crippen molar-refractivity contribution in [1.29, 1.82) is 0 Å². The number of aliphatic hydroxyl groups is 1. The zero-order valence-corrected chi connectivity index (χ0v) is 14.2. The monoisotopic (exact) mass is 351 g/mol. The molecule has 0 fully saturated rings. The molecule has 2 heterocycles. The molecule has 7 nitrogen and oxygen atoms in total. The minimum absolute atomic E-state index is 0.0887. The summed E-state index contributed by atoms with van der Waals surface area (Å²) in [6.07, 6.45) is 6.33. The number of benzene rings is 1. The molecule has 1 aromatic carbocycles. The number of hydrogen-bond donors (Lipinski definition) is 3. The number of hydrogen-bond acceptors (Lipinski definition) is 4. The number of urea groups is 1. The predicted octanol–water partition coefficient (Wildman–Crippen LogP) is 2.90. The molecule has 3 rings (SSSR count). The highest BCUT2D eigenvalue weighted by atomic mass is 16.3. The van der Waals surface area contributed by atoms with Crippen molar-refractivity contribution in [2.24, 2.45) is 0 Å². The van der Waals surface area contributed by atoms with Gasteiger partial charge in [-0.1, -0.05) is 30.3 Å². The summed E-state index contributed by atoms with van der Waals surface area (Å²) in [7, 11) is 0. The Labute approximate surface area is 151 Å². The van der Waals surface area contributed by atoms with Crippen LogP contribution >= 0.6 is 0 Å². The second kappa shape index (κ2) is 8.77. The number of pyridine rings is 1. The molecule has 3 N–H and O–H groups in total. The van der Waals surface area contributed by atoms with Gasteiger partial charge in [0, 0.05) is 19.0 Å². The van der Waals surface area contributed by atoms with Crippen LogP contribution in [-0.2, 0) is 0 Å². The third-order valence-electron chi connectivity index (χ3n) is 3.90. The number of anilines is 1. The highest BCUT2D eigenvalue weighted by Crippen LogP contribution is 2.18. The lowest BCUT2D eigenvalue weighted by Gasteiger charge is -2.19. The van der Waals surface area contributed by atoms with Gasteiger partial charge in [0.1, 0.15) is 0 Å². The van der Waals surface area contributed by atoms with Gasteiger partial charge in [0.2, 0.25) is 0 Å². The zero-order chi connectivity index (χ0) is 18.2. The van der Waals surface area contributed by atoms with Gasteiger partial charge in [-0.3, -0.25) is 0 Å². The predicted molar refractivity (Wildman–Crippen MR) is 99.0 cm³/mol. The molecule has 1 unspecified atom stereocenters. The fourth-order valence-corrected chi connectivity index (χ4v) is 2.63. The van der Waals surface area contributed by atoms with Crippen molar-refractivity contribution in [3.05, 3.63) is 72.7 Å². The molecular formula is C19H21N5O2. The Balaban J connectivity index is 1.62. The lowest BCUT2D eigenvalue weighted by atomic mass is 10.0. The van der Waals surface area contributed by atoms with Crippen LogP contribution in [0.25, 0.3) is 5.82 Å². The van der Waals surface area contributed by atoms with Gasteiger partial charge in [-0.15, -0.1) is 0 Å². The summed E-state index contributed by atoms with van der Waals surface area (Å²) in [6, 6.07) is 14.6. The van der Waals surface area contributed by atoms with E-state index in [1.807, 2.05) is 36.4 Å². The summed E-state index contributed by atoms with van der Waals surface area (Å²) in [5.41, 5.74) is 1.59. The van der Waals surface area contributed by atoms with Gasteiger partial charge in [-0.25, -0.2) is 14.5 Å². The van der Waals surface area contributed by atoms with E-state index < -0.39 is 0 Å². The maximum atomic E-state index is 12.3. The maximum absolute atomic E-state index is 12.3. The quantitative estimate of drug-likeness (QED) is 0.610. The number of carbonyl (C=O) groups excluding carboxylic acids is 1. The third kappa shape index (κ3) is 4.67. The Hall–Kier alpha value is -3.19. The Morgan fingerprint density at radius 3 is 2.65 bits per heavy atom. The lowest BCUT2D eigenvalue weighted by Crippen LogP contribution is -2.32. The van der Waals surface area contributed by atoms with Gasteiger partial charge in [-0.05, 0) is 36.6 Å². The Bertz CT molecular complexity index is 804. The number of rotatable bonds is 7. The van der Waals surface area contributed by atoms with E-state index in [1.54, 1.807) is 35.4 Å². The van der Waals surface area contributed by atoms with Crippen LogP contribution in [0, 0.1) is 0 Å². The first kappa shape index (κ1) is 17.6. The Kier molecular flexibility index (Phi) is 5.95. The molecule has 2 aromatic heterocycles. The molecule has 0 aliphatic carbocycles. The van der Waals surface area contributed by atoms with E-state index in [0.717, 1.165) is 5.56 Å². The topological polar surface area (TPSA) is 92.1 Å². The number of nitrogens with zero attached hydrogens (tertiary/aromatic N) is 3. The molecule has 0 radical (unpaired) electrons. The fraction of sp³-hybridized carbons (Fsp3) is 0.211. The van der Waals surface area contributed by atoms with E-state index in [0.29, 0.717) is 24.3 Å². The maximum Gasteiger partial charge on any atom is 0.319 e. The third-order valence-corrected chi connectivity index (χ3v) is 3.90. The van der Waals surface area contributed by atoms with Crippen molar-refractivity contribution in [1.82, 2.24) is 20.1 Å². The average molecular weight is 351 g/mol. The lowest BCUT2D eigenvalue weighted by molar-refractivity contribution is 0.244. The van der Waals surface area contributed by atoms with Crippen molar-refractivity contribution >= 4 is 11.7 Å². The summed E-state index contributed by atoms with van der Waals surface area (Å²) in [5.74, 6) is 0.672. The first-order valence-corrected chi connectivity index (χ1v) is 8.45. The van der Waals surface area contributed by atoms with Crippen molar-refractivity contribution < 1.29 is 9.90 Å². The standard InChI is InChI=1S/C19H21N5O2/c25-13-4-8-17(15-6-2-1-3-7-15)23-19(26)22-16-9-10-18(20-14-16)24-12-5-11-21-24/h1-3,5-7,9-12,14,17,25H,4,8,13H2,(H2,22,23,26). The van der Waals surface area contributed by atoms with Crippen LogP contribution in [0.15, 0.2) is 67.1 Å². The van der Waals surface area contributed by atoms with Gasteiger partial charge < -0.3 is 15.7 Å². The van der Waals surface area contributed by atoms with Crippen molar-refractivity contribution in [3.8, 4) is 5.82 Å². The molecule has 0 aliphatic rings. The highest BCUT2D eigenvalue weighted by Gasteiger charge is 2.14. The van der Waals surface area contributed by atoms with Crippen LogP contribution in [0.1, 0.15) is 24.4 Å². The van der Waals surface area contributed by atoms with E-state index in [4.69, 9.17) is 5.11 Å². The minimum Gasteiger partial charge on any atom is -0.396 e. The van der Waals surface area contributed by atoms with Crippen molar-refractivity contribution in [2.45, 2.75) is 18.9 Å². The van der Waals surface area contributed by atoms with Crippen LogP contribution in [0.2, 0.25) is 0 Å². The van der Waals surface area contributed by atoms with Crippen LogP contribution in [0.5, 0.6) is 0 Å². The highest BCUT2D eigenvalue weighted by molar-refractivity contribution is 5.89. The molecule has 0 saturated heterocycles. The van der Waals surface area contributed by atoms with Crippen LogP contribution in [-0.4, -0.2) is 32.5 Å². The normalized spacial score (nSPS) is 11.7.